The quantitative estimate of drug-likeness (QED) is 0.583. The summed E-state index contributed by atoms with van der Waals surface area (Å²) in [5.41, 5.74) is 0. The molecular formula is O3SmY. The van der Waals surface area contributed by atoms with Gasteiger partial charge in [-0.25, -0.2) is 0 Å². The average molecular weight is 287 g/mol. The monoisotopic (exact) mass is 289 g/mol. The van der Waals surface area contributed by atoms with Crippen molar-refractivity contribution in [1.29, 1.82) is 0 Å². The summed E-state index contributed by atoms with van der Waals surface area (Å²) in [6, 6.07) is 0. The maximum Gasteiger partial charge on any atom is 3.00 e. The Balaban J connectivity index is 0. The SMILES string of the molecule is [O-2].[O-2].[O-2].[Sm+3].[Y+3]. The van der Waals surface area contributed by atoms with E-state index in [1.807, 2.05) is 0 Å². The van der Waals surface area contributed by atoms with Crippen molar-refractivity contribution in [3.05, 3.63) is 0 Å². The molecule has 0 N–H and O–H groups in total. The van der Waals surface area contributed by atoms with Gasteiger partial charge in [-0.1, -0.05) is 0 Å². The minimum absolute atomic E-state index is 0. The Labute approximate surface area is 87.8 Å². The molecule has 0 aliphatic rings. The molecule has 0 rings (SSSR count). The molecule has 0 aliphatic heterocycles. The molecule has 5 heavy (non-hydrogen) atoms. The van der Waals surface area contributed by atoms with E-state index in [1.165, 1.54) is 0 Å². The van der Waals surface area contributed by atoms with Crippen molar-refractivity contribution in [2.75, 3.05) is 0 Å². The molecule has 0 aromatic rings. The molecule has 0 saturated carbocycles. The summed E-state index contributed by atoms with van der Waals surface area (Å²) in [4.78, 5) is 0. The molecule has 3 nitrogen and oxygen atoms in total. The molecule has 0 fully saturated rings. The molecule has 1 radical (unpaired) electrons. The fourth-order valence-corrected chi connectivity index (χ4v) is 0. The molecule has 0 aromatic carbocycles. The summed E-state index contributed by atoms with van der Waals surface area (Å²) in [6.45, 7) is 0. The molecular weight excluding hydrogens is 287 g/mol. The van der Waals surface area contributed by atoms with E-state index in [0.717, 1.165) is 0 Å². The molecule has 0 atom stereocenters. The van der Waals surface area contributed by atoms with Crippen molar-refractivity contribution >= 4 is 0 Å². The topological polar surface area (TPSA) is 85.5 Å². The van der Waals surface area contributed by atoms with Crippen LogP contribution in [0.3, 0.4) is 0 Å². The Kier molecular flexibility index (Phi) is 361. The van der Waals surface area contributed by atoms with Gasteiger partial charge in [0.05, 0.1) is 0 Å². The van der Waals surface area contributed by atoms with E-state index in [9.17, 15) is 0 Å². The summed E-state index contributed by atoms with van der Waals surface area (Å²) >= 11 is 0. The predicted molar refractivity (Wildman–Crippen MR) is 2.06 cm³/mol. The third kappa shape index (κ3) is 21.9. The fraction of sp³-hybridized carbons (Fsp3) is 0. The second kappa shape index (κ2) is 33.2. The van der Waals surface area contributed by atoms with Gasteiger partial charge in [0.1, 0.15) is 0 Å². The summed E-state index contributed by atoms with van der Waals surface area (Å²) in [5, 5.41) is 0. The van der Waals surface area contributed by atoms with Crippen LogP contribution in [0.2, 0.25) is 0 Å². The normalized spacial score (nSPS) is 0. The summed E-state index contributed by atoms with van der Waals surface area (Å²) < 4.78 is 0. The van der Waals surface area contributed by atoms with Gasteiger partial charge < -0.3 is 16.4 Å². The van der Waals surface area contributed by atoms with Crippen LogP contribution in [0.25, 0.3) is 0 Å². The second-order valence-corrected chi connectivity index (χ2v) is 0. The Hall–Kier alpha value is 2.32. The Morgan fingerprint density at radius 2 is 0.600 bits per heavy atom. The third-order valence-electron chi connectivity index (χ3n) is 0. The van der Waals surface area contributed by atoms with Crippen molar-refractivity contribution in [2.24, 2.45) is 0 Å². The standard InChI is InChI=1S/3O.Sm.Y/q3*-2;2*+3. The van der Waals surface area contributed by atoms with Gasteiger partial charge in [-0.05, 0) is 0 Å². The second-order valence-electron chi connectivity index (χ2n) is 0. The molecule has 0 saturated heterocycles. The molecule has 0 bridgehead atoms. The van der Waals surface area contributed by atoms with E-state index in [-0.39, 0.29) is 89.5 Å². The van der Waals surface area contributed by atoms with Crippen LogP contribution in [0, 0.1) is 40.4 Å². The van der Waals surface area contributed by atoms with Gasteiger partial charge in [0.2, 0.25) is 0 Å². The molecule has 0 aromatic heterocycles. The summed E-state index contributed by atoms with van der Waals surface area (Å²) in [5.74, 6) is 0. The third-order valence-corrected chi connectivity index (χ3v) is 0. The number of rotatable bonds is 0. The predicted octanol–water partition coefficient (Wildman–Crippen LogP) is -0.359. The minimum atomic E-state index is 0. The van der Waals surface area contributed by atoms with Crippen LogP contribution in [0.5, 0.6) is 0 Å². The van der Waals surface area contributed by atoms with Crippen molar-refractivity contribution in [3.8, 4) is 0 Å². The van der Waals surface area contributed by atoms with E-state index in [2.05, 4.69) is 0 Å². The van der Waals surface area contributed by atoms with Crippen LogP contribution < -0.4 is 0 Å². The first-order valence-electron chi connectivity index (χ1n) is 0. The zero-order valence-corrected chi connectivity index (χ0v) is 7.67. The van der Waals surface area contributed by atoms with Crippen LogP contribution in [0.15, 0.2) is 0 Å². The maximum absolute atomic E-state index is 0. The van der Waals surface area contributed by atoms with Crippen LogP contribution in [0.4, 0.5) is 0 Å². The first-order chi connectivity index (χ1) is 0. The molecule has 5 heteroatoms. The van der Waals surface area contributed by atoms with Crippen molar-refractivity contribution < 1.29 is 89.5 Å². The van der Waals surface area contributed by atoms with E-state index >= 15 is 0 Å². The Bertz CT molecular complexity index is 6.85. The largest absolute Gasteiger partial charge is 3.00 e. The number of hydrogen-bond acceptors (Lipinski definition) is 0. The van der Waals surface area contributed by atoms with Crippen LogP contribution in [-0.2, 0) is 49.1 Å². The maximum atomic E-state index is 0. The van der Waals surface area contributed by atoms with Gasteiger partial charge in [-0.15, -0.1) is 0 Å². The van der Waals surface area contributed by atoms with Gasteiger partial charge in [0, 0.05) is 0 Å². The van der Waals surface area contributed by atoms with Gasteiger partial charge in [-0.2, -0.15) is 0 Å². The Morgan fingerprint density at radius 3 is 0.600 bits per heavy atom. The van der Waals surface area contributed by atoms with Crippen LogP contribution >= 0.6 is 0 Å². The smallest absolute Gasteiger partial charge is 2.00 e. The summed E-state index contributed by atoms with van der Waals surface area (Å²) in [7, 11) is 0. The van der Waals surface area contributed by atoms with Crippen LogP contribution in [0.1, 0.15) is 0 Å². The average Bonchev–Trinajstić information content (AvgIpc) is 0. The van der Waals surface area contributed by atoms with Crippen molar-refractivity contribution in [3.63, 3.8) is 0 Å². The number of hydrogen-bond donors (Lipinski definition) is 0. The van der Waals surface area contributed by atoms with Gasteiger partial charge >= 0.3 is 73.1 Å². The van der Waals surface area contributed by atoms with Crippen molar-refractivity contribution in [2.45, 2.75) is 0 Å². The molecule has 0 amide bonds. The molecule has 27 valence electrons. The van der Waals surface area contributed by atoms with Gasteiger partial charge in [0.25, 0.3) is 0 Å². The first-order valence-corrected chi connectivity index (χ1v) is 0. The molecule has 0 aliphatic carbocycles. The molecule has 0 spiro atoms. The van der Waals surface area contributed by atoms with Gasteiger partial charge in [-0.3, -0.25) is 0 Å². The zero-order chi connectivity index (χ0) is 0. The first kappa shape index (κ1) is 54.3. The summed E-state index contributed by atoms with van der Waals surface area (Å²) in [6.07, 6.45) is 0. The van der Waals surface area contributed by atoms with E-state index in [0.29, 0.717) is 0 Å². The van der Waals surface area contributed by atoms with Crippen LogP contribution in [-0.4, -0.2) is 0 Å². The van der Waals surface area contributed by atoms with Gasteiger partial charge in [0.15, 0.2) is 0 Å². The minimum Gasteiger partial charge on any atom is -2.00 e. The van der Waals surface area contributed by atoms with E-state index < -0.39 is 0 Å². The Morgan fingerprint density at radius 1 is 0.600 bits per heavy atom. The fourth-order valence-electron chi connectivity index (χ4n) is 0. The van der Waals surface area contributed by atoms with Crippen molar-refractivity contribution in [1.82, 2.24) is 0 Å². The molecule has 0 heterocycles. The molecule has 0 unspecified atom stereocenters. The van der Waals surface area contributed by atoms with E-state index in [4.69, 9.17) is 0 Å². The van der Waals surface area contributed by atoms with E-state index in [1.54, 1.807) is 0 Å². The zero-order valence-electron chi connectivity index (χ0n) is 2.21.